The van der Waals surface area contributed by atoms with Crippen molar-refractivity contribution in [1.29, 1.82) is 0 Å². The summed E-state index contributed by atoms with van der Waals surface area (Å²) in [4.78, 5) is 2.29. The lowest BCUT2D eigenvalue weighted by Crippen LogP contribution is -2.27. The lowest BCUT2D eigenvalue weighted by molar-refractivity contribution is 0.166. The van der Waals surface area contributed by atoms with E-state index < -0.39 is 0 Å². The summed E-state index contributed by atoms with van der Waals surface area (Å²) in [6.45, 7) is 2.00. The van der Waals surface area contributed by atoms with Gasteiger partial charge in [0, 0.05) is 12.6 Å². The highest BCUT2D eigenvalue weighted by atomic mass is 16.5. The predicted molar refractivity (Wildman–Crippen MR) is 84.8 cm³/mol. The number of benzene rings is 1. The molecule has 1 aromatic rings. The molecular weight excluding hydrogens is 250 g/mol. The zero-order valence-corrected chi connectivity index (χ0v) is 12.6. The summed E-state index contributed by atoms with van der Waals surface area (Å²) in [6, 6.07) is 5.51. The Hall–Kier alpha value is -1.42. The quantitative estimate of drug-likeness (QED) is 0.812. The first kappa shape index (κ1) is 15.0. The largest absolute Gasteiger partial charge is 0.493 e. The molecule has 0 radical (unpaired) electrons. The maximum Gasteiger partial charge on any atom is 0.121 e. The minimum absolute atomic E-state index is 0.595. The van der Waals surface area contributed by atoms with Gasteiger partial charge in [-0.05, 0) is 63.7 Å². The first-order valence-corrected chi connectivity index (χ1v) is 7.47. The third kappa shape index (κ3) is 4.30. The monoisotopic (exact) mass is 277 g/mol. The zero-order chi connectivity index (χ0) is 14.5. The average molecular weight is 277 g/mol. The van der Waals surface area contributed by atoms with Gasteiger partial charge in [-0.2, -0.15) is 0 Å². The highest BCUT2D eigenvalue weighted by Crippen LogP contribution is 2.30. The van der Waals surface area contributed by atoms with Crippen LogP contribution in [0.25, 0.3) is 0 Å². The van der Waals surface area contributed by atoms with E-state index in [9.17, 15) is 0 Å². The molecule has 0 aliphatic heterocycles. The molecule has 1 aliphatic rings. The highest BCUT2D eigenvalue weighted by molar-refractivity contribution is 5.65. The minimum atomic E-state index is 0.595. The Labute approximate surface area is 122 Å². The van der Waals surface area contributed by atoms with Crippen LogP contribution in [0.1, 0.15) is 25.7 Å². The van der Waals surface area contributed by atoms with Gasteiger partial charge >= 0.3 is 0 Å². The Balaban J connectivity index is 1.74. The fourth-order valence-electron chi connectivity index (χ4n) is 2.95. The van der Waals surface area contributed by atoms with Crippen molar-refractivity contribution in [2.45, 2.75) is 25.7 Å². The molecule has 20 heavy (non-hydrogen) atoms. The number of hydrogen-bond donors (Lipinski definition) is 2. The van der Waals surface area contributed by atoms with Gasteiger partial charge in [-0.1, -0.05) is 0 Å². The van der Waals surface area contributed by atoms with Crippen LogP contribution in [0.3, 0.4) is 0 Å². The van der Waals surface area contributed by atoms with Crippen LogP contribution in [-0.2, 0) is 0 Å². The Morgan fingerprint density at radius 1 is 1.05 bits per heavy atom. The van der Waals surface area contributed by atoms with Crippen molar-refractivity contribution in [1.82, 2.24) is 4.90 Å². The number of hydrogen-bond acceptors (Lipinski definition) is 4. The summed E-state index contributed by atoms with van der Waals surface area (Å²) in [5, 5.41) is 0. The van der Waals surface area contributed by atoms with Crippen LogP contribution in [0.5, 0.6) is 5.75 Å². The molecule has 4 N–H and O–H groups in total. The fourth-order valence-corrected chi connectivity index (χ4v) is 2.95. The smallest absolute Gasteiger partial charge is 0.121 e. The molecule has 0 heterocycles. The zero-order valence-electron chi connectivity index (χ0n) is 12.6. The summed E-state index contributed by atoms with van der Waals surface area (Å²) in [6.07, 6.45) is 5.16. The fraction of sp³-hybridized carbons (Fsp3) is 0.625. The summed E-state index contributed by atoms with van der Waals surface area (Å²) in [5.74, 6) is 2.35. The molecule has 1 aromatic carbocycles. The van der Waals surface area contributed by atoms with E-state index in [-0.39, 0.29) is 0 Å². The van der Waals surface area contributed by atoms with E-state index in [1.165, 1.54) is 32.2 Å². The Morgan fingerprint density at radius 3 is 2.30 bits per heavy atom. The molecule has 112 valence electrons. The SMILES string of the molecule is CN(C)C[C@H]1CC[C@H](COc2ccc(N)c(N)c2)CC1. The van der Waals surface area contributed by atoms with Gasteiger partial charge in [0.2, 0.25) is 0 Å². The van der Waals surface area contributed by atoms with E-state index in [2.05, 4.69) is 19.0 Å². The molecule has 0 bridgehead atoms. The minimum Gasteiger partial charge on any atom is -0.493 e. The molecule has 2 rings (SSSR count). The van der Waals surface area contributed by atoms with Crippen LogP contribution in [0, 0.1) is 11.8 Å². The van der Waals surface area contributed by atoms with Crippen LogP contribution >= 0.6 is 0 Å². The second-order valence-corrected chi connectivity index (χ2v) is 6.25. The molecule has 0 atom stereocenters. The number of rotatable bonds is 5. The molecule has 0 unspecified atom stereocenters. The molecule has 0 amide bonds. The van der Waals surface area contributed by atoms with Gasteiger partial charge in [0.1, 0.15) is 5.75 Å². The van der Waals surface area contributed by atoms with Gasteiger partial charge in [-0.15, -0.1) is 0 Å². The normalized spacial score (nSPS) is 22.9. The molecule has 4 nitrogen and oxygen atoms in total. The van der Waals surface area contributed by atoms with Gasteiger partial charge in [-0.3, -0.25) is 0 Å². The topological polar surface area (TPSA) is 64.5 Å². The van der Waals surface area contributed by atoms with E-state index in [0.29, 0.717) is 17.3 Å². The number of nitrogens with zero attached hydrogens (tertiary/aromatic N) is 1. The van der Waals surface area contributed by atoms with Gasteiger partial charge < -0.3 is 21.1 Å². The Bertz CT molecular complexity index is 426. The first-order valence-electron chi connectivity index (χ1n) is 7.47. The Morgan fingerprint density at radius 2 is 1.70 bits per heavy atom. The van der Waals surface area contributed by atoms with Crippen LogP contribution in [0.4, 0.5) is 11.4 Å². The van der Waals surface area contributed by atoms with Crippen molar-refractivity contribution >= 4 is 11.4 Å². The molecule has 1 fully saturated rings. The van der Waals surface area contributed by atoms with Crippen molar-refractivity contribution in [2.24, 2.45) is 11.8 Å². The van der Waals surface area contributed by atoms with E-state index in [1.54, 1.807) is 6.07 Å². The Kier molecular flexibility index (Phi) is 5.12. The number of nitrogen functional groups attached to an aromatic ring is 2. The van der Waals surface area contributed by atoms with E-state index in [0.717, 1.165) is 18.3 Å². The third-order valence-electron chi connectivity index (χ3n) is 4.13. The third-order valence-corrected chi connectivity index (χ3v) is 4.13. The van der Waals surface area contributed by atoms with Crippen LogP contribution in [0.2, 0.25) is 0 Å². The van der Waals surface area contributed by atoms with E-state index >= 15 is 0 Å². The molecule has 4 heteroatoms. The number of anilines is 2. The van der Waals surface area contributed by atoms with Crippen molar-refractivity contribution < 1.29 is 4.74 Å². The second kappa shape index (κ2) is 6.84. The molecule has 0 spiro atoms. The average Bonchev–Trinajstić information content (AvgIpc) is 2.41. The standard InChI is InChI=1S/C16H27N3O/c1-19(2)10-12-3-5-13(6-4-12)11-20-14-7-8-15(17)16(18)9-14/h7-9,12-13H,3-6,10-11,17-18H2,1-2H3/t12-,13-. The van der Waals surface area contributed by atoms with Crippen molar-refractivity contribution in [3.8, 4) is 5.75 Å². The maximum absolute atomic E-state index is 5.85. The summed E-state index contributed by atoms with van der Waals surface area (Å²) < 4.78 is 5.85. The lowest BCUT2D eigenvalue weighted by atomic mass is 9.82. The molecule has 1 aliphatic carbocycles. The van der Waals surface area contributed by atoms with Crippen molar-refractivity contribution in [3.63, 3.8) is 0 Å². The molecular formula is C16H27N3O. The number of nitrogens with two attached hydrogens (primary N) is 2. The highest BCUT2D eigenvalue weighted by Gasteiger charge is 2.22. The van der Waals surface area contributed by atoms with Crippen LogP contribution < -0.4 is 16.2 Å². The summed E-state index contributed by atoms with van der Waals surface area (Å²) in [5.41, 5.74) is 12.7. The molecule has 0 saturated heterocycles. The number of ether oxygens (including phenoxy) is 1. The van der Waals surface area contributed by atoms with Crippen LogP contribution in [-0.4, -0.2) is 32.1 Å². The lowest BCUT2D eigenvalue weighted by Gasteiger charge is -2.30. The van der Waals surface area contributed by atoms with Gasteiger partial charge in [0.05, 0.1) is 18.0 Å². The summed E-state index contributed by atoms with van der Waals surface area (Å²) in [7, 11) is 4.31. The van der Waals surface area contributed by atoms with Crippen molar-refractivity contribution in [2.75, 3.05) is 38.7 Å². The van der Waals surface area contributed by atoms with Crippen LogP contribution in [0.15, 0.2) is 18.2 Å². The van der Waals surface area contributed by atoms with Gasteiger partial charge in [0.25, 0.3) is 0 Å². The van der Waals surface area contributed by atoms with Gasteiger partial charge in [0.15, 0.2) is 0 Å². The first-order chi connectivity index (χ1) is 9.54. The maximum atomic E-state index is 5.85. The second-order valence-electron chi connectivity index (χ2n) is 6.25. The van der Waals surface area contributed by atoms with E-state index in [1.807, 2.05) is 12.1 Å². The molecule has 1 saturated carbocycles. The predicted octanol–water partition coefficient (Wildman–Crippen LogP) is 2.60. The molecule has 0 aromatic heterocycles. The van der Waals surface area contributed by atoms with E-state index in [4.69, 9.17) is 16.2 Å². The van der Waals surface area contributed by atoms with Crippen molar-refractivity contribution in [3.05, 3.63) is 18.2 Å². The summed E-state index contributed by atoms with van der Waals surface area (Å²) >= 11 is 0. The van der Waals surface area contributed by atoms with Gasteiger partial charge in [-0.25, -0.2) is 0 Å².